The topological polar surface area (TPSA) is 50.8 Å². The molecule has 0 radical (unpaired) electrons. The first-order chi connectivity index (χ1) is 9.72. The smallest absolute Gasteiger partial charge is 0.321 e. The van der Waals surface area contributed by atoms with Gasteiger partial charge in [-0.15, -0.1) is 0 Å². The van der Waals surface area contributed by atoms with Crippen molar-refractivity contribution in [3.63, 3.8) is 0 Å². The molecule has 1 aromatic carbocycles. The molecule has 1 aromatic rings. The molecule has 0 saturated carbocycles. The summed E-state index contributed by atoms with van der Waals surface area (Å²) in [4.78, 5) is 14.2. The van der Waals surface area contributed by atoms with E-state index < -0.39 is 0 Å². The van der Waals surface area contributed by atoms with Crippen LogP contribution in [0.5, 0.6) is 11.5 Å². The second-order valence-electron chi connectivity index (χ2n) is 5.52. The van der Waals surface area contributed by atoms with Crippen LogP contribution in [0.4, 0.5) is 10.5 Å². The third-order valence-electron chi connectivity index (χ3n) is 3.93. The molecule has 0 spiro atoms. The number of nitrogens with one attached hydrogen (secondary N) is 1. The Kier molecular flexibility index (Phi) is 3.67. The number of nitrogens with zero attached hydrogens (tertiary/aromatic N) is 1. The zero-order valence-corrected chi connectivity index (χ0v) is 11.7. The van der Waals surface area contributed by atoms with Gasteiger partial charge in [0.1, 0.15) is 0 Å². The van der Waals surface area contributed by atoms with E-state index in [-0.39, 0.29) is 12.8 Å². The molecule has 1 N–H and O–H groups in total. The van der Waals surface area contributed by atoms with Crippen LogP contribution in [0.3, 0.4) is 0 Å². The van der Waals surface area contributed by atoms with Gasteiger partial charge in [0.15, 0.2) is 11.5 Å². The summed E-state index contributed by atoms with van der Waals surface area (Å²) < 4.78 is 10.6. The summed E-state index contributed by atoms with van der Waals surface area (Å²) in [6.45, 7) is 4.16. The van der Waals surface area contributed by atoms with Crippen molar-refractivity contribution in [3.8, 4) is 11.5 Å². The normalized spacial score (nSPS) is 21.4. The lowest BCUT2D eigenvalue weighted by molar-refractivity contribution is 0.174. The number of anilines is 1. The highest BCUT2D eigenvalue weighted by atomic mass is 16.7. The van der Waals surface area contributed by atoms with E-state index in [9.17, 15) is 4.79 Å². The van der Waals surface area contributed by atoms with Crippen molar-refractivity contribution in [1.82, 2.24) is 4.90 Å². The van der Waals surface area contributed by atoms with Crippen LogP contribution in [0.25, 0.3) is 0 Å². The fraction of sp³-hybridized carbons (Fsp3) is 0.533. The van der Waals surface area contributed by atoms with E-state index in [4.69, 9.17) is 9.47 Å². The molecule has 108 valence electrons. The predicted octanol–water partition coefficient (Wildman–Crippen LogP) is 3.07. The average Bonchev–Trinajstić information content (AvgIpc) is 2.79. The Balaban J connectivity index is 1.63. The van der Waals surface area contributed by atoms with Gasteiger partial charge in [-0.05, 0) is 37.3 Å². The molecule has 2 aliphatic rings. The Morgan fingerprint density at radius 2 is 2.10 bits per heavy atom. The largest absolute Gasteiger partial charge is 0.454 e. The second-order valence-corrected chi connectivity index (χ2v) is 5.52. The first-order valence-corrected chi connectivity index (χ1v) is 7.18. The minimum absolute atomic E-state index is 0.0297. The number of rotatable bonds is 1. The van der Waals surface area contributed by atoms with Crippen LogP contribution < -0.4 is 14.8 Å². The van der Waals surface area contributed by atoms with Crippen LogP contribution in [0, 0.1) is 5.92 Å². The Hall–Kier alpha value is -1.91. The van der Waals surface area contributed by atoms with Gasteiger partial charge in [0, 0.05) is 24.8 Å². The van der Waals surface area contributed by atoms with Crippen LogP contribution in [-0.2, 0) is 0 Å². The Morgan fingerprint density at radius 1 is 1.25 bits per heavy atom. The van der Waals surface area contributed by atoms with Crippen LogP contribution >= 0.6 is 0 Å². The molecule has 2 heterocycles. The lowest BCUT2D eigenvalue weighted by atomic mass is 10.0. The Morgan fingerprint density at radius 3 is 3.00 bits per heavy atom. The first kappa shape index (κ1) is 13.1. The zero-order chi connectivity index (χ0) is 13.9. The summed E-state index contributed by atoms with van der Waals surface area (Å²) in [6.07, 6.45) is 3.36. The van der Waals surface area contributed by atoms with E-state index >= 15 is 0 Å². The number of amides is 2. The summed E-state index contributed by atoms with van der Waals surface area (Å²) in [5.41, 5.74) is 0.747. The molecule has 2 amide bonds. The molecule has 3 rings (SSSR count). The molecule has 0 aliphatic carbocycles. The molecule has 0 bridgehead atoms. The monoisotopic (exact) mass is 276 g/mol. The van der Waals surface area contributed by atoms with Crippen molar-refractivity contribution in [2.75, 3.05) is 25.2 Å². The van der Waals surface area contributed by atoms with Gasteiger partial charge in [-0.1, -0.05) is 6.92 Å². The van der Waals surface area contributed by atoms with Crippen LogP contribution in [0.2, 0.25) is 0 Å². The summed E-state index contributed by atoms with van der Waals surface area (Å²) in [5, 5.41) is 2.94. The summed E-state index contributed by atoms with van der Waals surface area (Å²) in [6, 6.07) is 5.44. The van der Waals surface area contributed by atoms with E-state index in [0.29, 0.717) is 11.7 Å². The van der Waals surface area contributed by atoms with E-state index in [0.717, 1.165) is 37.4 Å². The third kappa shape index (κ3) is 2.81. The Bertz CT molecular complexity index is 504. The van der Waals surface area contributed by atoms with Crippen molar-refractivity contribution >= 4 is 11.7 Å². The number of likely N-dealkylation sites (tertiary alicyclic amines) is 1. The minimum atomic E-state index is -0.0297. The number of fused-ring (bicyclic) bond motifs is 1. The number of benzene rings is 1. The molecule has 5 heteroatoms. The number of hydrogen-bond donors (Lipinski definition) is 1. The van der Waals surface area contributed by atoms with Crippen LogP contribution in [-0.4, -0.2) is 30.8 Å². The molecule has 20 heavy (non-hydrogen) atoms. The van der Waals surface area contributed by atoms with E-state index in [1.54, 1.807) is 6.07 Å². The first-order valence-electron chi connectivity index (χ1n) is 7.18. The molecule has 1 fully saturated rings. The lowest BCUT2D eigenvalue weighted by Gasteiger charge is -2.21. The van der Waals surface area contributed by atoms with Gasteiger partial charge in [-0.2, -0.15) is 0 Å². The highest BCUT2D eigenvalue weighted by molar-refractivity contribution is 5.89. The maximum atomic E-state index is 12.3. The third-order valence-corrected chi connectivity index (χ3v) is 3.93. The van der Waals surface area contributed by atoms with Crippen LogP contribution in [0.1, 0.15) is 26.2 Å². The molecule has 0 aromatic heterocycles. The van der Waals surface area contributed by atoms with Gasteiger partial charge < -0.3 is 19.7 Å². The summed E-state index contributed by atoms with van der Waals surface area (Å²) >= 11 is 0. The maximum absolute atomic E-state index is 12.3. The van der Waals surface area contributed by atoms with Crippen molar-refractivity contribution in [2.24, 2.45) is 5.92 Å². The molecule has 2 aliphatic heterocycles. The summed E-state index contributed by atoms with van der Waals surface area (Å²) in [7, 11) is 0. The van der Waals surface area contributed by atoms with Crippen molar-refractivity contribution in [2.45, 2.75) is 26.2 Å². The predicted molar refractivity (Wildman–Crippen MR) is 76.2 cm³/mol. The second kappa shape index (κ2) is 5.61. The van der Waals surface area contributed by atoms with E-state index in [2.05, 4.69) is 12.2 Å². The number of urea groups is 1. The molecule has 5 nitrogen and oxygen atoms in total. The number of hydrogen-bond acceptors (Lipinski definition) is 3. The molecular weight excluding hydrogens is 256 g/mol. The highest BCUT2D eigenvalue weighted by Gasteiger charge is 2.19. The van der Waals surface area contributed by atoms with Gasteiger partial charge in [-0.3, -0.25) is 0 Å². The van der Waals surface area contributed by atoms with Crippen molar-refractivity contribution in [3.05, 3.63) is 18.2 Å². The number of carbonyl (C=O) groups is 1. The quantitative estimate of drug-likeness (QED) is 0.857. The fourth-order valence-electron chi connectivity index (χ4n) is 2.64. The van der Waals surface area contributed by atoms with Crippen molar-refractivity contribution < 1.29 is 14.3 Å². The van der Waals surface area contributed by atoms with Gasteiger partial charge >= 0.3 is 6.03 Å². The van der Waals surface area contributed by atoms with E-state index in [1.165, 1.54) is 6.42 Å². The summed E-state index contributed by atoms with van der Waals surface area (Å²) in [5.74, 6) is 2.12. The standard InChI is InChI=1S/C15H20N2O3/c1-11-3-2-7-17(8-6-11)15(18)16-12-4-5-13-14(9-12)20-10-19-13/h4-5,9,11H,2-3,6-8,10H2,1H3,(H,16,18). The van der Waals surface area contributed by atoms with Gasteiger partial charge in [-0.25, -0.2) is 4.79 Å². The molecule has 1 unspecified atom stereocenters. The SMILES string of the molecule is CC1CCCN(C(=O)Nc2ccc3c(c2)OCO3)CC1. The molecular formula is C15H20N2O3. The van der Waals surface area contributed by atoms with Gasteiger partial charge in [0.2, 0.25) is 6.79 Å². The Labute approximate surface area is 118 Å². The van der Waals surface area contributed by atoms with E-state index in [1.807, 2.05) is 17.0 Å². The fourth-order valence-corrected chi connectivity index (χ4v) is 2.64. The van der Waals surface area contributed by atoms with Gasteiger partial charge in [0.25, 0.3) is 0 Å². The zero-order valence-electron chi connectivity index (χ0n) is 11.7. The molecule has 1 saturated heterocycles. The number of ether oxygens (including phenoxy) is 2. The van der Waals surface area contributed by atoms with Gasteiger partial charge in [0.05, 0.1) is 0 Å². The van der Waals surface area contributed by atoms with Crippen LogP contribution in [0.15, 0.2) is 18.2 Å². The van der Waals surface area contributed by atoms with Crippen molar-refractivity contribution in [1.29, 1.82) is 0 Å². The maximum Gasteiger partial charge on any atom is 0.321 e. The highest BCUT2D eigenvalue weighted by Crippen LogP contribution is 2.34. The molecule has 1 atom stereocenters. The lowest BCUT2D eigenvalue weighted by Crippen LogP contribution is -2.35. The number of carbonyl (C=O) groups excluding carboxylic acids is 1. The average molecular weight is 276 g/mol. The minimum Gasteiger partial charge on any atom is -0.454 e.